The van der Waals surface area contributed by atoms with Crippen LogP contribution in [0, 0.1) is 0 Å². The van der Waals surface area contributed by atoms with Gasteiger partial charge in [-0.1, -0.05) is 0 Å². The van der Waals surface area contributed by atoms with Gasteiger partial charge in [-0.2, -0.15) is 0 Å². The van der Waals surface area contributed by atoms with Crippen LogP contribution in [0.15, 0.2) is 23.7 Å². The van der Waals surface area contributed by atoms with Crippen LogP contribution in [-0.4, -0.2) is 21.8 Å². The monoisotopic (exact) mass is 203 g/mol. The van der Waals surface area contributed by atoms with Gasteiger partial charge in [0, 0.05) is 12.2 Å². The van der Waals surface area contributed by atoms with E-state index in [1.165, 1.54) is 0 Å². The first-order valence-electron chi connectivity index (χ1n) is 2.51. The fourth-order valence-corrected chi connectivity index (χ4v) is 0.538. The van der Waals surface area contributed by atoms with Crippen molar-refractivity contribution in [1.82, 2.24) is 0 Å². The van der Waals surface area contributed by atoms with E-state index in [0.29, 0.717) is 12.2 Å². The first-order chi connectivity index (χ1) is 4.61. The van der Waals surface area contributed by atoms with E-state index in [2.05, 4.69) is 0 Å². The summed E-state index contributed by atoms with van der Waals surface area (Å²) in [6.45, 7) is 0. The van der Waals surface area contributed by atoms with Gasteiger partial charge in [0.1, 0.15) is 0 Å². The molecular formula is C6H4CuO4+2. The molecule has 61 valence electrons. The number of rotatable bonds is 0. The minimum atomic E-state index is -0.753. The molecular weight excluding hydrogens is 200 g/mol. The Balaban J connectivity index is 0.000001000. The standard InChI is InChI=1S/C6H4O4.Cu/c7-3-1-4(8)6(10)2-5(3)9;/h1-2,7,10H;/q;+2. The molecule has 0 aromatic heterocycles. The van der Waals surface area contributed by atoms with Crippen molar-refractivity contribution < 1.29 is 36.9 Å². The van der Waals surface area contributed by atoms with E-state index >= 15 is 0 Å². The topological polar surface area (TPSA) is 74.6 Å². The van der Waals surface area contributed by atoms with Crippen molar-refractivity contribution in [3.05, 3.63) is 23.7 Å². The van der Waals surface area contributed by atoms with Gasteiger partial charge in [0.15, 0.2) is 11.5 Å². The van der Waals surface area contributed by atoms with Gasteiger partial charge >= 0.3 is 17.1 Å². The smallest absolute Gasteiger partial charge is 0.504 e. The number of hydrogen-bond donors (Lipinski definition) is 2. The van der Waals surface area contributed by atoms with Crippen molar-refractivity contribution in [3.63, 3.8) is 0 Å². The largest absolute Gasteiger partial charge is 2.00 e. The maximum absolute atomic E-state index is 10.4. The molecule has 0 fully saturated rings. The molecule has 0 aromatic carbocycles. The van der Waals surface area contributed by atoms with E-state index in [4.69, 9.17) is 10.2 Å². The van der Waals surface area contributed by atoms with Crippen molar-refractivity contribution in [3.8, 4) is 0 Å². The Morgan fingerprint density at radius 1 is 0.909 bits per heavy atom. The fraction of sp³-hybridized carbons (Fsp3) is 0. The minimum absolute atomic E-state index is 0. The van der Waals surface area contributed by atoms with Crippen LogP contribution < -0.4 is 0 Å². The van der Waals surface area contributed by atoms with Gasteiger partial charge in [-0.25, -0.2) is 0 Å². The molecule has 11 heavy (non-hydrogen) atoms. The molecule has 0 amide bonds. The second-order valence-corrected chi connectivity index (χ2v) is 1.79. The van der Waals surface area contributed by atoms with Gasteiger partial charge < -0.3 is 10.2 Å². The molecule has 0 aromatic rings. The molecule has 1 aliphatic rings. The van der Waals surface area contributed by atoms with E-state index in [0.717, 1.165) is 0 Å². The number of aliphatic hydroxyl groups is 2. The van der Waals surface area contributed by atoms with E-state index in [1.54, 1.807) is 0 Å². The van der Waals surface area contributed by atoms with Gasteiger partial charge in [-0.15, -0.1) is 0 Å². The van der Waals surface area contributed by atoms with Gasteiger partial charge in [-0.3, -0.25) is 9.59 Å². The average molecular weight is 204 g/mol. The van der Waals surface area contributed by atoms with Crippen LogP contribution in [0.3, 0.4) is 0 Å². The Morgan fingerprint density at radius 3 is 1.45 bits per heavy atom. The second-order valence-electron chi connectivity index (χ2n) is 1.79. The first-order valence-corrected chi connectivity index (χ1v) is 2.51. The van der Waals surface area contributed by atoms with E-state index in [9.17, 15) is 9.59 Å². The van der Waals surface area contributed by atoms with Gasteiger partial charge in [0.25, 0.3) is 0 Å². The third kappa shape index (κ3) is 1.93. The summed E-state index contributed by atoms with van der Waals surface area (Å²) < 4.78 is 0. The van der Waals surface area contributed by atoms with Crippen molar-refractivity contribution in [2.24, 2.45) is 0 Å². The van der Waals surface area contributed by atoms with Crippen LogP contribution >= 0.6 is 0 Å². The van der Waals surface area contributed by atoms with Crippen molar-refractivity contribution >= 4 is 11.6 Å². The van der Waals surface area contributed by atoms with Gasteiger partial charge in [0.2, 0.25) is 11.6 Å². The molecule has 0 saturated heterocycles. The average Bonchev–Trinajstić information content (AvgIpc) is 1.84. The molecule has 0 unspecified atom stereocenters. The molecule has 0 heterocycles. The van der Waals surface area contributed by atoms with Gasteiger partial charge in [0.05, 0.1) is 0 Å². The SMILES string of the molecule is O=C1C=C(O)C(=O)C=C1O.[Cu+2]. The number of allylic oxidation sites excluding steroid dienone is 2. The molecule has 1 rings (SSSR count). The predicted molar refractivity (Wildman–Crippen MR) is 31.4 cm³/mol. The zero-order valence-corrected chi connectivity index (χ0v) is 6.11. The molecule has 0 atom stereocenters. The summed E-state index contributed by atoms with van der Waals surface area (Å²) in [5.41, 5.74) is 0. The third-order valence-corrected chi connectivity index (χ3v) is 1.04. The molecule has 5 heteroatoms. The van der Waals surface area contributed by atoms with Crippen LogP contribution in [0.4, 0.5) is 0 Å². The summed E-state index contributed by atoms with van der Waals surface area (Å²) >= 11 is 0. The summed E-state index contributed by atoms with van der Waals surface area (Å²) in [5, 5.41) is 17.2. The summed E-state index contributed by atoms with van der Waals surface area (Å²) in [5.74, 6) is -2.78. The van der Waals surface area contributed by atoms with E-state index in [-0.39, 0.29) is 17.1 Å². The Hall–Kier alpha value is -1.06. The van der Waals surface area contributed by atoms with Crippen LogP contribution in [0.5, 0.6) is 0 Å². The zero-order valence-electron chi connectivity index (χ0n) is 5.17. The molecule has 0 spiro atoms. The van der Waals surface area contributed by atoms with Crippen LogP contribution in [0.2, 0.25) is 0 Å². The molecule has 1 aliphatic carbocycles. The van der Waals surface area contributed by atoms with Crippen LogP contribution in [-0.2, 0) is 26.7 Å². The molecule has 2 N–H and O–H groups in total. The van der Waals surface area contributed by atoms with Gasteiger partial charge in [-0.05, 0) is 0 Å². The number of hydrogen-bond acceptors (Lipinski definition) is 4. The number of aliphatic hydroxyl groups excluding tert-OH is 2. The summed E-state index contributed by atoms with van der Waals surface area (Å²) in [6, 6.07) is 0. The van der Waals surface area contributed by atoms with Crippen LogP contribution in [0.1, 0.15) is 0 Å². The predicted octanol–water partition coefficient (Wildman–Crippen LogP) is 0.0195. The Labute approximate surface area is 72.7 Å². The molecule has 1 radical (unpaired) electrons. The summed E-state index contributed by atoms with van der Waals surface area (Å²) in [4.78, 5) is 20.9. The van der Waals surface area contributed by atoms with E-state index < -0.39 is 23.1 Å². The second kappa shape index (κ2) is 3.37. The quantitative estimate of drug-likeness (QED) is 0.430. The van der Waals surface area contributed by atoms with Crippen molar-refractivity contribution in [2.75, 3.05) is 0 Å². The molecule has 0 saturated carbocycles. The van der Waals surface area contributed by atoms with Crippen molar-refractivity contribution in [2.45, 2.75) is 0 Å². The Bertz CT molecular complexity index is 236. The zero-order chi connectivity index (χ0) is 7.72. The number of carbonyl (C=O) groups excluding carboxylic acids is 2. The minimum Gasteiger partial charge on any atom is -0.504 e. The maximum atomic E-state index is 10.4. The molecule has 4 nitrogen and oxygen atoms in total. The fourth-order valence-electron chi connectivity index (χ4n) is 0.538. The molecule has 0 bridgehead atoms. The Morgan fingerprint density at radius 2 is 1.18 bits per heavy atom. The molecule has 0 aliphatic heterocycles. The van der Waals surface area contributed by atoms with Crippen LogP contribution in [0.25, 0.3) is 0 Å². The summed E-state index contributed by atoms with van der Waals surface area (Å²) in [7, 11) is 0. The Kier molecular flexibility index (Phi) is 3.04. The normalized spacial score (nSPS) is 16.7. The van der Waals surface area contributed by atoms with Crippen molar-refractivity contribution in [1.29, 1.82) is 0 Å². The number of carbonyl (C=O) groups is 2. The third-order valence-electron chi connectivity index (χ3n) is 1.04. The number of ketones is 2. The summed E-state index contributed by atoms with van der Waals surface area (Å²) in [6.07, 6.45) is 1.36. The van der Waals surface area contributed by atoms with E-state index in [1.807, 2.05) is 0 Å². The maximum Gasteiger partial charge on any atom is 2.00 e. The first kappa shape index (κ1) is 9.94.